The van der Waals surface area contributed by atoms with Crippen LogP contribution in [0, 0.1) is 13.8 Å². The first kappa shape index (κ1) is 19.2. The van der Waals surface area contributed by atoms with Crippen molar-refractivity contribution in [3.63, 3.8) is 0 Å². The Kier molecular flexibility index (Phi) is 5.36. The van der Waals surface area contributed by atoms with Gasteiger partial charge in [-0.3, -0.25) is 4.79 Å². The maximum absolute atomic E-state index is 12.3. The van der Waals surface area contributed by atoms with Crippen molar-refractivity contribution in [1.82, 2.24) is 10.5 Å². The van der Waals surface area contributed by atoms with E-state index in [0.717, 1.165) is 11.8 Å². The lowest BCUT2D eigenvalue weighted by Gasteiger charge is -2.22. The lowest BCUT2D eigenvalue weighted by molar-refractivity contribution is -0.120. The van der Waals surface area contributed by atoms with Crippen molar-refractivity contribution in [2.75, 3.05) is 6.54 Å². The highest BCUT2D eigenvalue weighted by Crippen LogP contribution is 2.27. The Labute approximate surface area is 160 Å². The summed E-state index contributed by atoms with van der Waals surface area (Å²) in [7, 11) is 0. The van der Waals surface area contributed by atoms with Crippen LogP contribution in [0.25, 0.3) is 11.0 Å². The highest BCUT2D eigenvalue weighted by Gasteiger charge is 2.16. The predicted molar refractivity (Wildman–Crippen MR) is 109 cm³/mol. The van der Waals surface area contributed by atoms with Crippen molar-refractivity contribution in [3.05, 3.63) is 64.3 Å². The topological polar surface area (TPSA) is 55.1 Å². The largest absolute Gasteiger partial charge is 0.356 e. The summed E-state index contributed by atoms with van der Waals surface area (Å²) >= 11 is 0. The van der Waals surface area contributed by atoms with E-state index in [1.54, 1.807) is 0 Å². The number of aryl methyl sites for hydroxylation is 2. The van der Waals surface area contributed by atoms with E-state index in [4.69, 9.17) is 4.52 Å². The first-order valence-electron chi connectivity index (χ1n) is 9.46. The van der Waals surface area contributed by atoms with Crippen LogP contribution in [0.1, 0.15) is 48.7 Å². The van der Waals surface area contributed by atoms with Gasteiger partial charge in [0.05, 0.1) is 6.42 Å². The van der Waals surface area contributed by atoms with Crippen LogP contribution < -0.4 is 5.32 Å². The smallest absolute Gasteiger partial charge is 0.226 e. The zero-order valence-electron chi connectivity index (χ0n) is 16.8. The molecule has 1 heterocycles. The van der Waals surface area contributed by atoms with Crippen LogP contribution in [0.15, 0.2) is 40.9 Å². The molecule has 0 saturated heterocycles. The number of fused-ring (bicyclic) bond motifs is 1. The van der Waals surface area contributed by atoms with Gasteiger partial charge in [0.2, 0.25) is 5.91 Å². The van der Waals surface area contributed by atoms with E-state index >= 15 is 0 Å². The summed E-state index contributed by atoms with van der Waals surface area (Å²) in [5, 5.41) is 7.94. The lowest BCUT2D eigenvalue weighted by atomic mass is 9.83. The molecule has 3 rings (SSSR count). The zero-order valence-corrected chi connectivity index (χ0v) is 16.8. The van der Waals surface area contributed by atoms with Crippen molar-refractivity contribution >= 4 is 16.9 Å². The van der Waals surface area contributed by atoms with Crippen LogP contribution in [-0.2, 0) is 23.1 Å². The molecule has 0 radical (unpaired) electrons. The number of amides is 1. The van der Waals surface area contributed by atoms with Crippen molar-refractivity contribution in [2.24, 2.45) is 0 Å². The molecule has 0 saturated carbocycles. The highest BCUT2D eigenvalue weighted by molar-refractivity contribution is 5.86. The summed E-state index contributed by atoms with van der Waals surface area (Å²) < 4.78 is 5.26. The third-order valence-electron chi connectivity index (χ3n) is 5.04. The first-order valence-corrected chi connectivity index (χ1v) is 9.46. The maximum Gasteiger partial charge on any atom is 0.226 e. The second-order valence-electron chi connectivity index (χ2n) is 8.24. The summed E-state index contributed by atoms with van der Waals surface area (Å²) in [6.07, 6.45) is 1.06. The molecule has 0 aliphatic rings. The van der Waals surface area contributed by atoms with Crippen LogP contribution in [-0.4, -0.2) is 17.6 Å². The number of hydrogen-bond acceptors (Lipinski definition) is 3. The maximum atomic E-state index is 12.3. The first-order chi connectivity index (χ1) is 12.8. The molecule has 27 heavy (non-hydrogen) atoms. The molecule has 0 aliphatic heterocycles. The van der Waals surface area contributed by atoms with Gasteiger partial charge < -0.3 is 9.84 Å². The van der Waals surface area contributed by atoms with E-state index in [1.165, 1.54) is 22.3 Å². The van der Waals surface area contributed by atoms with Crippen molar-refractivity contribution in [3.8, 4) is 0 Å². The number of carbonyl (C=O) groups excluding carboxylic acids is 1. The predicted octanol–water partition coefficient (Wildman–Crippen LogP) is 4.64. The Balaban J connectivity index is 1.60. The number of rotatable bonds is 5. The fraction of sp³-hybridized carbons (Fsp3) is 0.391. The molecule has 0 atom stereocenters. The molecule has 1 amide bonds. The van der Waals surface area contributed by atoms with Crippen LogP contribution in [0.2, 0.25) is 0 Å². The fourth-order valence-electron chi connectivity index (χ4n) is 3.43. The van der Waals surface area contributed by atoms with Crippen LogP contribution in [0.3, 0.4) is 0 Å². The molecule has 0 fully saturated rings. The number of benzene rings is 2. The van der Waals surface area contributed by atoms with Gasteiger partial charge in [0.1, 0.15) is 5.69 Å². The Hall–Kier alpha value is -2.62. The van der Waals surface area contributed by atoms with Gasteiger partial charge in [0, 0.05) is 11.9 Å². The van der Waals surface area contributed by atoms with Crippen molar-refractivity contribution in [2.45, 2.75) is 52.9 Å². The Bertz CT molecular complexity index is 941. The van der Waals surface area contributed by atoms with Crippen LogP contribution in [0.5, 0.6) is 0 Å². The lowest BCUT2D eigenvalue weighted by Crippen LogP contribution is -2.27. The molecule has 4 heteroatoms. The minimum absolute atomic E-state index is 0.0318. The standard InChI is InChI=1S/C23H28N2O2/c1-15-12-17(23(3,4)5)13-16(2)18(15)10-11-24-22(26)14-20-19-8-6-7-9-21(19)27-25-20/h6-9,12-13H,10-11,14H2,1-5H3,(H,24,26). The molecule has 3 aromatic rings. The third-order valence-corrected chi connectivity index (χ3v) is 5.04. The van der Waals surface area contributed by atoms with Crippen LogP contribution in [0.4, 0.5) is 0 Å². The normalized spacial score (nSPS) is 11.7. The van der Waals surface area contributed by atoms with Crippen molar-refractivity contribution < 1.29 is 9.32 Å². The van der Waals surface area contributed by atoms with Gasteiger partial charge in [-0.15, -0.1) is 0 Å². The summed E-state index contributed by atoms with van der Waals surface area (Å²) in [6, 6.07) is 12.1. The molecule has 0 bridgehead atoms. The number of para-hydroxylation sites is 1. The molecule has 1 aromatic heterocycles. The average Bonchev–Trinajstić information content (AvgIpc) is 2.99. The molecule has 0 spiro atoms. The molecule has 2 aromatic carbocycles. The molecule has 0 unspecified atom stereocenters. The molecule has 1 N–H and O–H groups in total. The third kappa shape index (κ3) is 4.38. The van der Waals surface area contributed by atoms with E-state index in [2.05, 4.69) is 57.2 Å². The SMILES string of the molecule is Cc1cc(C(C)(C)C)cc(C)c1CCNC(=O)Cc1noc2ccccc12. The van der Waals surface area contributed by atoms with Gasteiger partial charge in [0.25, 0.3) is 0 Å². The summed E-state index contributed by atoms with van der Waals surface area (Å²) in [6.45, 7) is 11.6. The summed E-state index contributed by atoms with van der Waals surface area (Å²) in [5.74, 6) is -0.0318. The van der Waals surface area contributed by atoms with Gasteiger partial charge >= 0.3 is 0 Å². The summed E-state index contributed by atoms with van der Waals surface area (Å²) in [5.41, 5.74) is 6.78. The Morgan fingerprint density at radius 1 is 1.11 bits per heavy atom. The number of nitrogens with zero attached hydrogens (tertiary/aromatic N) is 1. The summed E-state index contributed by atoms with van der Waals surface area (Å²) in [4.78, 5) is 12.3. The number of hydrogen-bond donors (Lipinski definition) is 1. The molecular formula is C23H28N2O2. The van der Waals surface area contributed by atoms with Crippen LogP contribution >= 0.6 is 0 Å². The second-order valence-corrected chi connectivity index (χ2v) is 8.24. The molecule has 142 valence electrons. The molecule has 0 aliphatic carbocycles. The van der Waals surface area contributed by atoms with E-state index in [-0.39, 0.29) is 17.7 Å². The number of carbonyl (C=O) groups is 1. The van der Waals surface area contributed by atoms with Crippen molar-refractivity contribution in [1.29, 1.82) is 0 Å². The average molecular weight is 364 g/mol. The number of aromatic nitrogens is 1. The zero-order chi connectivity index (χ0) is 19.6. The van der Waals surface area contributed by atoms with Gasteiger partial charge in [-0.05, 0) is 60.1 Å². The quantitative estimate of drug-likeness (QED) is 0.717. The minimum atomic E-state index is -0.0318. The fourth-order valence-corrected chi connectivity index (χ4v) is 3.43. The highest BCUT2D eigenvalue weighted by atomic mass is 16.5. The van der Waals surface area contributed by atoms with E-state index in [0.29, 0.717) is 17.8 Å². The van der Waals surface area contributed by atoms with Gasteiger partial charge in [0.15, 0.2) is 5.58 Å². The Morgan fingerprint density at radius 2 is 1.78 bits per heavy atom. The van der Waals surface area contributed by atoms with E-state index in [9.17, 15) is 4.79 Å². The molecule has 4 nitrogen and oxygen atoms in total. The van der Waals surface area contributed by atoms with Gasteiger partial charge in [-0.25, -0.2) is 0 Å². The monoisotopic (exact) mass is 364 g/mol. The second kappa shape index (κ2) is 7.55. The van der Waals surface area contributed by atoms with Gasteiger partial charge in [-0.2, -0.15) is 0 Å². The van der Waals surface area contributed by atoms with Gasteiger partial charge in [-0.1, -0.05) is 50.2 Å². The molecular weight excluding hydrogens is 336 g/mol. The minimum Gasteiger partial charge on any atom is -0.356 e. The van der Waals surface area contributed by atoms with E-state index in [1.807, 2.05) is 24.3 Å². The Morgan fingerprint density at radius 3 is 2.44 bits per heavy atom. The number of nitrogens with one attached hydrogen (secondary N) is 1. The van der Waals surface area contributed by atoms with E-state index < -0.39 is 0 Å².